The number of hydrogen-bond acceptors (Lipinski definition) is 4. The number of nitrogens with zero attached hydrogens (tertiary/aromatic N) is 2. The summed E-state index contributed by atoms with van der Waals surface area (Å²) in [7, 11) is 1.77. The fourth-order valence-corrected chi connectivity index (χ4v) is 5.07. The molecular formula is C27H32N4O2. The van der Waals surface area contributed by atoms with Crippen LogP contribution in [0.25, 0.3) is 0 Å². The van der Waals surface area contributed by atoms with Crippen LogP contribution in [-0.2, 0) is 5.54 Å². The second kappa shape index (κ2) is 10.0. The summed E-state index contributed by atoms with van der Waals surface area (Å²) in [4.78, 5) is 19.4. The molecule has 6 heteroatoms. The van der Waals surface area contributed by atoms with Crippen molar-refractivity contribution < 1.29 is 9.90 Å². The highest BCUT2D eigenvalue weighted by molar-refractivity contribution is 5.98. The number of amides is 2. The lowest BCUT2D eigenvalue weighted by molar-refractivity contribution is 0.149. The van der Waals surface area contributed by atoms with E-state index in [-0.39, 0.29) is 29.3 Å². The third-order valence-corrected chi connectivity index (χ3v) is 7.01. The molecule has 33 heavy (non-hydrogen) atoms. The zero-order valence-corrected chi connectivity index (χ0v) is 19.1. The van der Waals surface area contributed by atoms with Gasteiger partial charge in [-0.05, 0) is 37.0 Å². The van der Waals surface area contributed by atoms with Gasteiger partial charge in [0.05, 0.1) is 11.3 Å². The number of hydrogen-bond donors (Lipinski definition) is 3. The van der Waals surface area contributed by atoms with Crippen LogP contribution in [0, 0.1) is 11.3 Å². The van der Waals surface area contributed by atoms with E-state index in [2.05, 4.69) is 22.4 Å². The van der Waals surface area contributed by atoms with Crippen LogP contribution in [0.4, 0.5) is 4.79 Å². The highest BCUT2D eigenvalue weighted by atomic mass is 16.3. The van der Waals surface area contributed by atoms with Crippen molar-refractivity contribution in [2.45, 2.75) is 50.1 Å². The second-order valence-electron chi connectivity index (χ2n) is 9.05. The molecule has 0 aliphatic heterocycles. The Hall–Kier alpha value is -3.41. The third-order valence-electron chi connectivity index (χ3n) is 7.01. The maximum Gasteiger partial charge on any atom is 0.318 e. The molecule has 2 aliphatic carbocycles. The number of rotatable bonds is 7. The first-order valence-corrected chi connectivity index (χ1v) is 11.6. The molecule has 2 atom stereocenters. The first-order valence-electron chi connectivity index (χ1n) is 11.6. The summed E-state index contributed by atoms with van der Waals surface area (Å²) >= 11 is 0. The van der Waals surface area contributed by atoms with Gasteiger partial charge in [0, 0.05) is 49.1 Å². The van der Waals surface area contributed by atoms with Crippen LogP contribution in [0.5, 0.6) is 0 Å². The summed E-state index contributed by atoms with van der Waals surface area (Å²) in [6, 6.07) is 13.3. The fourth-order valence-electron chi connectivity index (χ4n) is 5.07. The molecule has 2 unspecified atom stereocenters. The van der Waals surface area contributed by atoms with E-state index in [0.717, 1.165) is 36.8 Å². The van der Waals surface area contributed by atoms with Gasteiger partial charge in [-0.15, -0.1) is 0 Å². The number of urea groups is 1. The van der Waals surface area contributed by atoms with Crippen molar-refractivity contribution in [2.24, 2.45) is 5.92 Å². The lowest BCUT2D eigenvalue weighted by Crippen LogP contribution is -2.53. The zero-order chi connectivity index (χ0) is 23.3. The normalized spacial score (nSPS) is 20.0. The molecule has 0 radical (unpaired) electrons. The number of carbonyl (C=O) groups is 1. The molecule has 2 aromatic rings. The largest absolute Gasteiger partial charge is 0.512 e. The minimum absolute atomic E-state index is 0.174. The molecule has 1 aromatic heterocycles. The predicted octanol–water partition coefficient (Wildman–Crippen LogP) is 5.34. The summed E-state index contributed by atoms with van der Waals surface area (Å²) in [5.41, 5.74) is 1.88. The molecule has 1 heterocycles. The Morgan fingerprint density at radius 2 is 2.00 bits per heavy atom. The Bertz CT molecular complexity index is 1030. The summed E-state index contributed by atoms with van der Waals surface area (Å²) in [5, 5.41) is 22.6. The first kappa shape index (κ1) is 22.8. The maximum absolute atomic E-state index is 13.6. The molecule has 0 saturated heterocycles. The van der Waals surface area contributed by atoms with E-state index in [1.165, 1.54) is 0 Å². The Morgan fingerprint density at radius 1 is 1.24 bits per heavy atom. The van der Waals surface area contributed by atoms with Gasteiger partial charge >= 0.3 is 6.03 Å². The topological polar surface area (TPSA) is 89.3 Å². The van der Waals surface area contributed by atoms with Crippen molar-refractivity contribution in [1.82, 2.24) is 15.2 Å². The molecule has 172 valence electrons. The molecule has 6 nitrogen and oxygen atoms in total. The lowest BCUT2D eigenvalue weighted by atomic mass is 9.85. The summed E-state index contributed by atoms with van der Waals surface area (Å²) in [5.74, 6) is -0.0150. The Kier molecular flexibility index (Phi) is 6.92. The molecule has 0 spiro atoms. The van der Waals surface area contributed by atoms with Gasteiger partial charge in [-0.3, -0.25) is 4.98 Å². The van der Waals surface area contributed by atoms with Gasteiger partial charge in [0.25, 0.3) is 0 Å². The van der Waals surface area contributed by atoms with Crippen molar-refractivity contribution in [2.75, 3.05) is 7.05 Å². The van der Waals surface area contributed by atoms with E-state index in [1.807, 2.05) is 36.4 Å². The summed E-state index contributed by atoms with van der Waals surface area (Å²) < 4.78 is 0. The number of carbonyl (C=O) groups excluding carboxylic acids is 1. The number of aliphatic hydroxyl groups excluding tert-OH is 1. The molecule has 2 amide bonds. The molecular weight excluding hydrogens is 412 g/mol. The standard InChI is InChI=1S/C27H32N4O2/c1-31(26(33)30-27(15-7-8-16-27)21-11-3-2-4-12-21)24(22-13-5-6-14-25(22)32)18-23(28)20-10-9-17-29-19-20/h2-6,9-12,14,17,19,22,24,28,32H,7-8,13,15-16,18H2,1H3,(H,30,33). The van der Waals surface area contributed by atoms with Gasteiger partial charge in [0.1, 0.15) is 0 Å². The monoisotopic (exact) mass is 444 g/mol. The first-order chi connectivity index (χ1) is 16.0. The van der Waals surface area contributed by atoms with E-state index in [1.54, 1.807) is 36.5 Å². The van der Waals surface area contributed by atoms with Crippen LogP contribution in [0.15, 0.2) is 78.8 Å². The van der Waals surface area contributed by atoms with E-state index in [4.69, 9.17) is 5.41 Å². The van der Waals surface area contributed by atoms with Crippen LogP contribution in [0.2, 0.25) is 0 Å². The molecule has 3 N–H and O–H groups in total. The Balaban J connectivity index is 1.58. The maximum atomic E-state index is 13.6. The quantitative estimate of drug-likeness (QED) is 0.504. The van der Waals surface area contributed by atoms with Crippen molar-refractivity contribution in [3.05, 3.63) is 90.0 Å². The van der Waals surface area contributed by atoms with Crippen molar-refractivity contribution in [3.63, 3.8) is 0 Å². The van der Waals surface area contributed by atoms with Crippen molar-refractivity contribution in [1.29, 1.82) is 5.41 Å². The van der Waals surface area contributed by atoms with Crippen LogP contribution in [-0.4, -0.2) is 39.8 Å². The Morgan fingerprint density at radius 3 is 2.67 bits per heavy atom. The third kappa shape index (κ3) is 5.00. The number of aliphatic hydroxyl groups is 1. The van der Waals surface area contributed by atoms with E-state index >= 15 is 0 Å². The highest BCUT2D eigenvalue weighted by Crippen LogP contribution is 2.39. The smallest absolute Gasteiger partial charge is 0.318 e. The SMILES string of the molecule is CN(C(=O)NC1(c2ccccc2)CCCC1)C(CC(=N)c1cccnc1)C1CC=CC=C1O. The van der Waals surface area contributed by atoms with Gasteiger partial charge in [0.2, 0.25) is 0 Å². The van der Waals surface area contributed by atoms with Gasteiger partial charge in [-0.2, -0.15) is 0 Å². The van der Waals surface area contributed by atoms with Crippen LogP contribution in [0.3, 0.4) is 0 Å². The van der Waals surface area contributed by atoms with Crippen molar-refractivity contribution in [3.8, 4) is 0 Å². The molecule has 2 aliphatic rings. The lowest BCUT2D eigenvalue weighted by Gasteiger charge is -2.38. The van der Waals surface area contributed by atoms with E-state index in [9.17, 15) is 9.90 Å². The van der Waals surface area contributed by atoms with E-state index in [0.29, 0.717) is 18.6 Å². The van der Waals surface area contributed by atoms with Crippen molar-refractivity contribution >= 4 is 11.7 Å². The number of nitrogens with one attached hydrogen (secondary N) is 2. The Labute approximate surface area is 195 Å². The van der Waals surface area contributed by atoms with Gasteiger partial charge in [0.15, 0.2) is 0 Å². The zero-order valence-electron chi connectivity index (χ0n) is 19.1. The minimum Gasteiger partial charge on any atom is -0.512 e. The number of pyridine rings is 1. The van der Waals surface area contributed by atoms with Crippen LogP contribution < -0.4 is 5.32 Å². The van der Waals surface area contributed by atoms with Gasteiger partial charge in [-0.25, -0.2) is 4.79 Å². The molecule has 1 fully saturated rings. The van der Waals surface area contributed by atoms with E-state index < -0.39 is 0 Å². The predicted molar refractivity (Wildman–Crippen MR) is 130 cm³/mol. The average molecular weight is 445 g/mol. The minimum atomic E-state index is -0.377. The molecule has 1 saturated carbocycles. The fraction of sp³-hybridized carbons (Fsp3) is 0.370. The molecule has 0 bridgehead atoms. The summed E-state index contributed by atoms with van der Waals surface area (Å²) in [6.07, 6.45) is 13.8. The summed E-state index contributed by atoms with van der Waals surface area (Å²) in [6.45, 7) is 0. The van der Waals surface area contributed by atoms with Gasteiger partial charge in [-0.1, -0.05) is 61.4 Å². The number of allylic oxidation sites excluding steroid dienone is 3. The highest BCUT2D eigenvalue weighted by Gasteiger charge is 2.40. The number of benzene rings is 1. The van der Waals surface area contributed by atoms with Crippen LogP contribution in [0.1, 0.15) is 49.7 Å². The second-order valence-corrected chi connectivity index (χ2v) is 9.05. The van der Waals surface area contributed by atoms with Gasteiger partial charge < -0.3 is 20.7 Å². The van der Waals surface area contributed by atoms with Crippen LogP contribution >= 0.6 is 0 Å². The average Bonchev–Trinajstić information content (AvgIpc) is 3.33. The molecule has 4 rings (SSSR count). The molecule has 1 aromatic carbocycles. The number of aromatic nitrogens is 1.